The third-order valence-corrected chi connectivity index (χ3v) is 6.24. The average Bonchev–Trinajstić information content (AvgIpc) is 3.31. The monoisotopic (exact) mass is 491 g/mol. The number of nitrogens with one attached hydrogen (secondary N) is 3. The highest BCUT2D eigenvalue weighted by Gasteiger charge is 2.39. The van der Waals surface area contributed by atoms with Gasteiger partial charge in [-0.2, -0.15) is 13.2 Å². The zero-order valence-electron chi connectivity index (χ0n) is 17.4. The van der Waals surface area contributed by atoms with Gasteiger partial charge >= 0.3 is 6.18 Å². The summed E-state index contributed by atoms with van der Waals surface area (Å²) in [4.78, 5) is 44.9. The van der Waals surface area contributed by atoms with Crippen molar-refractivity contribution in [1.82, 2.24) is 20.2 Å². The lowest BCUT2D eigenvalue weighted by molar-refractivity contribution is -0.138. The fourth-order valence-electron chi connectivity index (χ4n) is 4.25. The van der Waals surface area contributed by atoms with E-state index in [-0.39, 0.29) is 42.7 Å². The van der Waals surface area contributed by atoms with Gasteiger partial charge in [-0.15, -0.1) is 0 Å². The van der Waals surface area contributed by atoms with Crippen LogP contribution in [0.4, 0.5) is 19.1 Å². The third kappa shape index (κ3) is 3.96. The molecule has 3 N–H and O–H groups in total. The number of nitrogens with zero attached hydrogens (tertiary/aromatic N) is 2. The van der Waals surface area contributed by atoms with E-state index in [0.717, 1.165) is 17.2 Å². The molecule has 34 heavy (non-hydrogen) atoms. The van der Waals surface area contributed by atoms with E-state index in [0.29, 0.717) is 17.6 Å². The Morgan fingerprint density at radius 1 is 1.18 bits per heavy atom. The van der Waals surface area contributed by atoms with Crippen LogP contribution in [0.3, 0.4) is 0 Å². The first-order chi connectivity index (χ1) is 16.1. The van der Waals surface area contributed by atoms with E-state index in [4.69, 9.17) is 11.6 Å². The Morgan fingerprint density at radius 3 is 2.71 bits per heavy atom. The van der Waals surface area contributed by atoms with E-state index in [1.807, 2.05) is 6.07 Å². The van der Waals surface area contributed by atoms with E-state index in [9.17, 15) is 27.6 Å². The topological polar surface area (TPSA) is 107 Å². The molecule has 0 aliphatic carbocycles. The van der Waals surface area contributed by atoms with Gasteiger partial charge in [0.1, 0.15) is 6.04 Å². The standard InChI is InChI=1S/C22H17ClF3N5O3/c23-14-7-16-15(6-13(14)22(24,25)26)28-21(29-16)27-8-10-1-2-12-11(5-10)9-31(20(12)34)17-3-4-18(32)30-19(17)33/h1-2,5-7,17H,3-4,8-9H2,(H2,27,28,29)(H,30,32,33). The van der Waals surface area contributed by atoms with Crippen LogP contribution in [0.15, 0.2) is 30.3 Å². The molecule has 3 aromatic rings. The molecule has 0 radical (unpaired) electrons. The quantitative estimate of drug-likeness (QED) is 0.483. The molecule has 1 aromatic heterocycles. The second-order valence-electron chi connectivity index (χ2n) is 8.18. The minimum absolute atomic E-state index is 0.124. The molecule has 176 valence electrons. The molecule has 2 aliphatic rings. The van der Waals surface area contributed by atoms with Gasteiger partial charge in [0.25, 0.3) is 5.91 Å². The van der Waals surface area contributed by atoms with Gasteiger partial charge in [-0.1, -0.05) is 23.7 Å². The highest BCUT2D eigenvalue weighted by atomic mass is 35.5. The van der Waals surface area contributed by atoms with Crippen molar-refractivity contribution in [3.63, 3.8) is 0 Å². The van der Waals surface area contributed by atoms with E-state index in [2.05, 4.69) is 20.6 Å². The predicted octanol–water partition coefficient (Wildman–Crippen LogP) is 3.61. The van der Waals surface area contributed by atoms with E-state index in [1.165, 1.54) is 11.0 Å². The van der Waals surface area contributed by atoms with E-state index >= 15 is 0 Å². The number of aromatic nitrogens is 2. The number of imide groups is 1. The van der Waals surface area contributed by atoms with Crippen molar-refractivity contribution in [2.75, 3.05) is 5.32 Å². The first-order valence-electron chi connectivity index (χ1n) is 10.4. The molecule has 3 heterocycles. The fourth-order valence-corrected chi connectivity index (χ4v) is 4.53. The van der Waals surface area contributed by atoms with Crippen molar-refractivity contribution in [3.8, 4) is 0 Å². The van der Waals surface area contributed by atoms with Gasteiger partial charge in [-0.3, -0.25) is 19.7 Å². The second-order valence-corrected chi connectivity index (χ2v) is 8.58. The van der Waals surface area contributed by atoms with Gasteiger partial charge in [0.05, 0.1) is 21.6 Å². The maximum absolute atomic E-state index is 13.1. The lowest BCUT2D eigenvalue weighted by atomic mass is 10.0. The number of carbonyl (C=O) groups excluding carboxylic acids is 3. The third-order valence-electron chi connectivity index (χ3n) is 5.92. The number of fused-ring (bicyclic) bond motifs is 2. The molecule has 2 aromatic carbocycles. The number of anilines is 1. The summed E-state index contributed by atoms with van der Waals surface area (Å²) in [5, 5.41) is 4.87. The Balaban J connectivity index is 1.30. The Bertz CT molecular complexity index is 1350. The summed E-state index contributed by atoms with van der Waals surface area (Å²) in [6.07, 6.45) is -4.12. The summed E-state index contributed by atoms with van der Waals surface area (Å²) in [5.41, 5.74) is 1.58. The van der Waals surface area contributed by atoms with Crippen molar-refractivity contribution < 1.29 is 27.6 Å². The smallest absolute Gasteiger partial charge is 0.352 e. The number of hydrogen-bond acceptors (Lipinski definition) is 5. The van der Waals surface area contributed by atoms with Crippen LogP contribution >= 0.6 is 11.6 Å². The van der Waals surface area contributed by atoms with Crippen molar-refractivity contribution in [2.45, 2.75) is 38.1 Å². The second kappa shape index (κ2) is 8.01. The molecule has 0 bridgehead atoms. The van der Waals surface area contributed by atoms with Crippen molar-refractivity contribution in [3.05, 3.63) is 57.6 Å². The number of alkyl halides is 3. The lowest BCUT2D eigenvalue weighted by Gasteiger charge is -2.29. The Kier molecular flexibility index (Phi) is 5.23. The number of benzene rings is 2. The van der Waals surface area contributed by atoms with Gasteiger partial charge in [-0.25, -0.2) is 4.98 Å². The first kappa shape index (κ1) is 22.2. The first-order valence-corrected chi connectivity index (χ1v) is 10.7. The minimum Gasteiger partial charge on any atom is -0.352 e. The molecular formula is C22H17ClF3N5O3. The van der Waals surface area contributed by atoms with E-state index < -0.39 is 28.7 Å². The summed E-state index contributed by atoms with van der Waals surface area (Å²) < 4.78 is 39.2. The molecule has 8 nitrogen and oxygen atoms in total. The molecular weight excluding hydrogens is 475 g/mol. The van der Waals surface area contributed by atoms with E-state index in [1.54, 1.807) is 12.1 Å². The summed E-state index contributed by atoms with van der Waals surface area (Å²) in [5.74, 6) is -0.815. The molecule has 3 amide bonds. The number of imidazole rings is 1. The maximum Gasteiger partial charge on any atom is 0.417 e. The largest absolute Gasteiger partial charge is 0.417 e. The Labute approximate surface area is 195 Å². The zero-order chi connectivity index (χ0) is 24.2. The van der Waals surface area contributed by atoms with Crippen LogP contribution in [0.25, 0.3) is 11.0 Å². The molecule has 0 saturated carbocycles. The molecule has 1 fully saturated rings. The van der Waals surface area contributed by atoms with Crippen LogP contribution in [0, 0.1) is 0 Å². The molecule has 12 heteroatoms. The highest BCUT2D eigenvalue weighted by Crippen LogP contribution is 2.37. The maximum atomic E-state index is 13.1. The molecule has 1 unspecified atom stereocenters. The Hall–Kier alpha value is -3.60. The van der Waals surface area contributed by atoms with Crippen molar-refractivity contribution >= 4 is 46.3 Å². The number of rotatable bonds is 4. The number of halogens is 4. The average molecular weight is 492 g/mol. The number of carbonyl (C=O) groups is 3. The minimum atomic E-state index is -4.58. The number of aromatic amines is 1. The summed E-state index contributed by atoms with van der Waals surface area (Å²) in [7, 11) is 0. The number of piperidine rings is 1. The summed E-state index contributed by atoms with van der Waals surface area (Å²) in [6, 6.07) is 6.64. The van der Waals surface area contributed by atoms with Crippen LogP contribution in [0.1, 0.15) is 39.9 Å². The van der Waals surface area contributed by atoms with Crippen molar-refractivity contribution in [1.29, 1.82) is 0 Å². The molecule has 2 aliphatic heterocycles. The van der Waals surface area contributed by atoms with Gasteiger partial charge < -0.3 is 15.2 Å². The zero-order valence-corrected chi connectivity index (χ0v) is 18.2. The van der Waals surface area contributed by atoms with Crippen LogP contribution in [0.5, 0.6) is 0 Å². The van der Waals surface area contributed by atoms with Gasteiger partial charge in [0, 0.05) is 25.1 Å². The van der Waals surface area contributed by atoms with Crippen LogP contribution < -0.4 is 10.6 Å². The predicted molar refractivity (Wildman–Crippen MR) is 116 cm³/mol. The SMILES string of the molecule is O=C1CCC(N2Cc3cc(CNc4nc5cc(C(F)(F)F)c(Cl)cc5[nH]4)ccc3C2=O)C(=O)N1. The normalized spacial score (nSPS) is 18.4. The van der Waals surface area contributed by atoms with Gasteiger partial charge in [-0.05, 0) is 35.7 Å². The fraction of sp³-hybridized carbons (Fsp3) is 0.273. The molecule has 5 rings (SSSR count). The van der Waals surface area contributed by atoms with Gasteiger partial charge in [0.2, 0.25) is 17.8 Å². The van der Waals surface area contributed by atoms with Gasteiger partial charge in [0.15, 0.2) is 0 Å². The number of hydrogen-bond donors (Lipinski definition) is 3. The Morgan fingerprint density at radius 2 is 1.97 bits per heavy atom. The molecule has 0 spiro atoms. The summed E-state index contributed by atoms with van der Waals surface area (Å²) in [6.45, 7) is 0.539. The highest BCUT2D eigenvalue weighted by molar-refractivity contribution is 6.32. The molecule has 1 atom stereocenters. The van der Waals surface area contributed by atoms with Crippen LogP contribution in [0.2, 0.25) is 5.02 Å². The molecule has 1 saturated heterocycles. The summed E-state index contributed by atoms with van der Waals surface area (Å²) >= 11 is 5.76. The van der Waals surface area contributed by atoms with Crippen molar-refractivity contribution in [2.24, 2.45) is 0 Å². The van der Waals surface area contributed by atoms with Crippen LogP contribution in [-0.2, 0) is 28.9 Å². The van der Waals surface area contributed by atoms with Crippen LogP contribution in [-0.4, -0.2) is 38.6 Å². The lowest BCUT2D eigenvalue weighted by Crippen LogP contribution is -2.52. The number of amides is 3. The number of H-pyrrole nitrogens is 1.